The quantitative estimate of drug-likeness (QED) is 0.668. The summed E-state index contributed by atoms with van der Waals surface area (Å²) in [7, 11) is 0. The summed E-state index contributed by atoms with van der Waals surface area (Å²) in [4.78, 5) is 14.9. The van der Waals surface area contributed by atoms with Gasteiger partial charge in [-0.15, -0.1) is 0 Å². The summed E-state index contributed by atoms with van der Waals surface area (Å²) in [6.45, 7) is 6.43. The third-order valence-corrected chi connectivity index (χ3v) is 2.95. The van der Waals surface area contributed by atoms with E-state index >= 15 is 0 Å². The Balaban J connectivity index is 2.03. The number of ether oxygens (including phenoxy) is 2. The second-order valence-electron chi connectivity index (χ2n) is 5.71. The number of carbonyl (C=O) groups is 1. The van der Waals surface area contributed by atoms with Gasteiger partial charge in [-0.3, -0.25) is 5.21 Å². The Morgan fingerprint density at radius 2 is 1.73 bits per heavy atom. The molecule has 2 aromatic rings. The van der Waals surface area contributed by atoms with Crippen LogP contribution in [0.2, 0.25) is 0 Å². The minimum Gasteiger partial charge on any atom is -0.439 e. The van der Waals surface area contributed by atoms with E-state index in [-0.39, 0.29) is 11.2 Å². The summed E-state index contributed by atoms with van der Waals surface area (Å²) in [6, 6.07) is 10.9. The number of rotatable bonds is 3. The number of nitrogens with zero attached hydrogens (tertiary/aromatic N) is 1. The van der Waals surface area contributed by atoms with Gasteiger partial charge in [-0.2, -0.15) is 0 Å². The number of hydrogen-bond acceptors (Lipinski definition) is 5. The number of amides is 1. The molecule has 2 rings (SSSR count). The highest BCUT2D eigenvalue weighted by molar-refractivity contribution is 5.68. The molecule has 116 valence electrons. The Morgan fingerprint density at radius 3 is 2.23 bits per heavy atom. The molecule has 0 bridgehead atoms. The maximum atomic E-state index is 10.8. The SMILES string of the molecule is CC(C)(C)c1ccc(Oc2ccc(OC(=O)NO)cn2)cc1. The lowest BCUT2D eigenvalue weighted by Gasteiger charge is -2.19. The van der Waals surface area contributed by atoms with E-state index in [0.29, 0.717) is 11.6 Å². The summed E-state index contributed by atoms with van der Waals surface area (Å²) in [5.41, 5.74) is 2.67. The van der Waals surface area contributed by atoms with Crippen LogP contribution in [0.3, 0.4) is 0 Å². The minimum absolute atomic E-state index is 0.0864. The molecule has 1 aromatic carbocycles. The van der Waals surface area contributed by atoms with Crippen LogP contribution in [0.15, 0.2) is 42.6 Å². The third kappa shape index (κ3) is 4.20. The van der Waals surface area contributed by atoms with Crippen LogP contribution in [-0.2, 0) is 5.41 Å². The summed E-state index contributed by atoms with van der Waals surface area (Å²) in [5.74, 6) is 1.24. The maximum Gasteiger partial charge on any atom is 0.436 e. The topological polar surface area (TPSA) is 80.7 Å². The number of aromatic nitrogens is 1. The Labute approximate surface area is 128 Å². The smallest absolute Gasteiger partial charge is 0.436 e. The van der Waals surface area contributed by atoms with Crippen molar-refractivity contribution in [1.82, 2.24) is 10.5 Å². The maximum absolute atomic E-state index is 10.8. The molecule has 6 nitrogen and oxygen atoms in total. The van der Waals surface area contributed by atoms with Crippen molar-refractivity contribution < 1.29 is 19.5 Å². The van der Waals surface area contributed by atoms with Gasteiger partial charge in [0, 0.05) is 6.07 Å². The molecule has 0 saturated carbocycles. The van der Waals surface area contributed by atoms with Crippen molar-refractivity contribution in [3.63, 3.8) is 0 Å². The molecule has 2 N–H and O–H groups in total. The van der Waals surface area contributed by atoms with Gasteiger partial charge in [-0.1, -0.05) is 32.9 Å². The molecule has 0 aliphatic carbocycles. The van der Waals surface area contributed by atoms with E-state index in [9.17, 15) is 4.79 Å². The first-order valence-corrected chi connectivity index (χ1v) is 6.75. The van der Waals surface area contributed by atoms with E-state index in [0.717, 1.165) is 0 Å². The molecule has 0 atom stereocenters. The molecule has 0 fully saturated rings. The minimum atomic E-state index is -0.978. The van der Waals surface area contributed by atoms with Gasteiger partial charge in [0.1, 0.15) is 5.75 Å². The second kappa shape index (κ2) is 6.44. The molecule has 0 radical (unpaired) electrons. The number of pyridine rings is 1. The molecule has 1 amide bonds. The van der Waals surface area contributed by atoms with Crippen molar-refractivity contribution in [2.75, 3.05) is 0 Å². The van der Waals surface area contributed by atoms with Crippen molar-refractivity contribution in [2.24, 2.45) is 0 Å². The van der Waals surface area contributed by atoms with Crippen molar-refractivity contribution in [1.29, 1.82) is 0 Å². The van der Waals surface area contributed by atoms with Gasteiger partial charge >= 0.3 is 6.09 Å². The monoisotopic (exact) mass is 302 g/mol. The second-order valence-corrected chi connectivity index (χ2v) is 5.71. The van der Waals surface area contributed by atoms with Gasteiger partial charge < -0.3 is 9.47 Å². The van der Waals surface area contributed by atoms with E-state index in [1.165, 1.54) is 23.3 Å². The summed E-state index contributed by atoms with van der Waals surface area (Å²) >= 11 is 0. The predicted molar refractivity (Wildman–Crippen MR) is 80.4 cm³/mol. The van der Waals surface area contributed by atoms with Gasteiger partial charge in [0.2, 0.25) is 5.88 Å². The fraction of sp³-hybridized carbons (Fsp3) is 0.250. The first-order valence-electron chi connectivity index (χ1n) is 6.75. The molecular weight excluding hydrogens is 284 g/mol. The molecule has 1 heterocycles. The van der Waals surface area contributed by atoms with Crippen LogP contribution < -0.4 is 15.0 Å². The van der Waals surface area contributed by atoms with Crippen LogP contribution in [0.4, 0.5) is 4.79 Å². The zero-order chi connectivity index (χ0) is 16.2. The van der Waals surface area contributed by atoms with E-state index in [1.807, 2.05) is 24.3 Å². The van der Waals surface area contributed by atoms with E-state index in [2.05, 4.69) is 25.8 Å². The third-order valence-electron chi connectivity index (χ3n) is 2.95. The number of benzene rings is 1. The highest BCUT2D eigenvalue weighted by Crippen LogP contribution is 2.26. The lowest BCUT2D eigenvalue weighted by atomic mass is 9.87. The van der Waals surface area contributed by atoms with Crippen molar-refractivity contribution in [2.45, 2.75) is 26.2 Å². The average molecular weight is 302 g/mol. The van der Waals surface area contributed by atoms with Crippen LogP contribution in [0, 0.1) is 0 Å². The molecule has 0 aliphatic heterocycles. The van der Waals surface area contributed by atoms with Gasteiger partial charge in [-0.05, 0) is 29.2 Å². The van der Waals surface area contributed by atoms with Crippen molar-refractivity contribution in [3.8, 4) is 17.4 Å². The molecule has 22 heavy (non-hydrogen) atoms. The lowest BCUT2D eigenvalue weighted by molar-refractivity contribution is 0.127. The molecule has 1 aromatic heterocycles. The van der Waals surface area contributed by atoms with Crippen LogP contribution in [0.5, 0.6) is 17.4 Å². The molecular formula is C16H18N2O4. The predicted octanol–water partition coefficient (Wildman–Crippen LogP) is 3.65. The average Bonchev–Trinajstić information content (AvgIpc) is 2.49. The van der Waals surface area contributed by atoms with Gasteiger partial charge in [0.05, 0.1) is 6.20 Å². The summed E-state index contributed by atoms with van der Waals surface area (Å²) < 4.78 is 10.3. The van der Waals surface area contributed by atoms with E-state index in [1.54, 1.807) is 6.07 Å². The number of nitrogens with one attached hydrogen (secondary N) is 1. The molecule has 0 aliphatic rings. The Kier molecular flexibility index (Phi) is 4.62. The van der Waals surface area contributed by atoms with Gasteiger partial charge in [0.15, 0.2) is 5.75 Å². The standard InChI is InChI=1S/C16H18N2O4/c1-16(2,3)11-4-6-12(7-5-11)21-14-9-8-13(10-17-14)22-15(19)18-20/h4-10,20H,1-3H3,(H,18,19). The van der Waals surface area contributed by atoms with Crippen LogP contribution in [0.1, 0.15) is 26.3 Å². The van der Waals surface area contributed by atoms with Crippen molar-refractivity contribution in [3.05, 3.63) is 48.2 Å². The molecule has 0 saturated heterocycles. The highest BCUT2D eigenvalue weighted by Gasteiger charge is 2.13. The fourth-order valence-corrected chi connectivity index (χ4v) is 1.76. The summed E-state index contributed by atoms with van der Waals surface area (Å²) in [5, 5.41) is 8.36. The number of hydrogen-bond donors (Lipinski definition) is 2. The Morgan fingerprint density at radius 1 is 1.09 bits per heavy atom. The zero-order valence-electron chi connectivity index (χ0n) is 12.7. The molecule has 0 unspecified atom stereocenters. The van der Waals surface area contributed by atoms with Crippen molar-refractivity contribution >= 4 is 6.09 Å². The van der Waals surface area contributed by atoms with E-state index in [4.69, 9.17) is 14.7 Å². The van der Waals surface area contributed by atoms with Crippen LogP contribution in [0.25, 0.3) is 0 Å². The zero-order valence-corrected chi connectivity index (χ0v) is 12.7. The first kappa shape index (κ1) is 15.8. The number of hydroxylamine groups is 1. The Hall–Kier alpha value is -2.60. The number of carbonyl (C=O) groups excluding carboxylic acids is 1. The lowest BCUT2D eigenvalue weighted by Crippen LogP contribution is -2.22. The van der Waals surface area contributed by atoms with Gasteiger partial charge in [0.25, 0.3) is 0 Å². The fourth-order valence-electron chi connectivity index (χ4n) is 1.76. The first-order chi connectivity index (χ1) is 10.4. The van der Waals surface area contributed by atoms with Crippen LogP contribution >= 0.6 is 0 Å². The molecule has 6 heteroatoms. The summed E-state index contributed by atoms with van der Waals surface area (Å²) in [6.07, 6.45) is 0.349. The highest BCUT2D eigenvalue weighted by atomic mass is 16.6. The normalized spacial score (nSPS) is 10.9. The Bertz CT molecular complexity index is 631. The largest absolute Gasteiger partial charge is 0.439 e. The van der Waals surface area contributed by atoms with Crippen LogP contribution in [-0.4, -0.2) is 16.3 Å². The van der Waals surface area contributed by atoms with E-state index < -0.39 is 6.09 Å². The van der Waals surface area contributed by atoms with Gasteiger partial charge in [-0.25, -0.2) is 15.3 Å². The molecule has 0 spiro atoms.